The quantitative estimate of drug-likeness (QED) is 0.647. The molecule has 1 unspecified atom stereocenters. The molecule has 0 N–H and O–H groups in total. The lowest BCUT2D eigenvalue weighted by Gasteiger charge is -2.40. The summed E-state index contributed by atoms with van der Waals surface area (Å²) in [6.07, 6.45) is 3.25. The SMILES string of the molecule is c1ccc(Cc2cc3c(s2)CC2c4cc5c(cc4CCN2C3)OCO5)cc1. The Bertz CT molecular complexity index is 1010. The fourth-order valence-electron chi connectivity index (χ4n) is 4.68. The molecular weight excluding hydrogens is 354 g/mol. The van der Waals surface area contributed by atoms with Crippen LogP contribution in [-0.4, -0.2) is 18.2 Å². The molecule has 3 nitrogen and oxygen atoms in total. The van der Waals surface area contributed by atoms with Gasteiger partial charge in [-0.1, -0.05) is 30.3 Å². The third-order valence-corrected chi connectivity index (χ3v) is 7.22. The Labute approximate surface area is 163 Å². The molecule has 0 amide bonds. The van der Waals surface area contributed by atoms with Crippen molar-refractivity contribution in [3.05, 3.63) is 80.5 Å². The molecule has 4 heterocycles. The second-order valence-corrected chi connectivity index (χ2v) is 8.89. The Kier molecular flexibility index (Phi) is 3.56. The summed E-state index contributed by atoms with van der Waals surface area (Å²) in [6, 6.07) is 18.1. The summed E-state index contributed by atoms with van der Waals surface area (Å²) in [5.41, 5.74) is 5.80. The highest BCUT2D eigenvalue weighted by atomic mass is 32.1. The first-order valence-electron chi connectivity index (χ1n) is 9.64. The lowest BCUT2D eigenvalue weighted by atomic mass is 9.86. The highest BCUT2D eigenvalue weighted by molar-refractivity contribution is 7.12. The molecule has 1 atom stereocenters. The van der Waals surface area contributed by atoms with E-state index in [9.17, 15) is 0 Å². The van der Waals surface area contributed by atoms with Gasteiger partial charge in [-0.3, -0.25) is 4.90 Å². The fourth-order valence-corrected chi connectivity index (χ4v) is 5.94. The summed E-state index contributed by atoms with van der Waals surface area (Å²) in [5.74, 6) is 1.83. The Balaban J connectivity index is 1.32. The van der Waals surface area contributed by atoms with Gasteiger partial charge < -0.3 is 9.47 Å². The van der Waals surface area contributed by atoms with Gasteiger partial charge in [-0.05, 0) is 46.9 Å². The van der Waals surface area contributed by atoms with Gasteiger partial charge >= 0.3 is 0 Å². The Morgan fingerprint density at radius 3 is 2.74 bits per heavy atom. The van der Waals surface area contributed by atoms with Crippen molar-refractivity contribution < 1.29 is 9.47 Å². The minimum Gasteiger partial charge on any atom is -0.454 e. The van der Waals surface area contributed by atoms with Gasteiger partial charge in [-0.25, -0.2) is 0 Å². The molecule has 4 heteroatoms. The molecule has 0 fully saturated rings. The Hall–Kier alpha value is -2.30. The number of rotatable bonds is 2. The average Bonchev–Trinajstić information content (AvgIpc) is 3.30. The van der Waals surface area contributed by atoms with E-state index in [1.54, 1.807) is 4.88 Å². The van der Waals surface area contributed by atoms with Crippen LogP contribution in [0.4, 0.5) is 0 Å². The van der Waals surface area contributed by atoms with Gasteiger partial charge in [0.05, 0.1) is 0 Å². The van der Waals surface area contributed by atoms with Crippen molar-refractivity contribution in [2.75, 3.05) is 13.3 Å². The third kappa shape index (κ3) is 2.67. The summed E-state index contributed by atoms with van der Waals surface area (Å²) in [7, 11) is 0. The zero-order chi connectivity index (χ0) is 17.8. The van der Waals surface area contributed by atoms with Gasteiger partial charge in [0.2, 0.25) is 6.79 Å². The maximum atomic E-state index is 5.65. The lowest BCUT2D eigenvalue weighted by Crippen LogP contribution is -2.38. The second-order valence-electron chi connectivity index (χ2n) is 7.67. The minimum absolute atomic E-state index is 0.352. The monoisotopic (exact) mass is 375 g/mol. The van der Waals surface area contributed by atoms with Crippen molar-refractivity contribution in [3.8, 4) is 11.5 Å². The molecule has 0 bridgehead atoms. The van der Waals surface area contributed by atoms with Crippen molar-refractivity contribution in [1.29, 1.82) is 0 Å². The second kappa shape index (κ2) is 6.11. The van der Waals surface area contributed by atoms with E-state index in [0.717, 1.165) is 43.9 Å². The van der Waals surface area contributed by atoms with Crippen molar-refractivity contribution >= 4 is 11.3 Å². The van der Waals surface area contributed by atoms with E-state index >= 15 is 0 Å². The standard InChI is InChI=1S/C23H21NO2S/c1-2-4-15(5-3-1)8-18-9-17-13-24-7-6-16-10-21-22(26-14-25-21)11-19(16)20(24)12-23(17)27-18/h1-5,9-11,20H,6-8,12-14H2. The summed E-state index contributed by atoms with van der Waals surface area (Å²) in [6.45, 7) is 2.55. The molecule has 0 aliphatic carbocycles. The number of ether oxygens (including phenoxy) is 2. The number of nitrogens with zero attached hydrogens (tertiary/aromatic N) is 1. The van der Waals surface area contributed by atoms with Gasteiger partial charge in [0.25, 0.3) is 0 Å². The van der Waals surface area contributed by atoms with Crippen LogP contribution in [0, 0.1) is 0 Å². The van der Waals surface area contributed by atoms with Gasteiger partial charge in [0.15, 0.2) is 11.5 Å². The normalized spacial score (nSPS) is 20.1. The summed E-state index contributed by atoms with van der Waals surface area (Å²) >= 11 is 2.00. The van der Waals surface area contributed by atoms with E-state index in [-0.39, 0.29) is 0 Å². The molecule has 3 aliphatic heterocycles. The van der Waals surface area contributed by atoms with Gasteiger partial charge in [0.1, 0.15) is 0 Å². The summed E-state index contributed by atoms with van der Waals surface area (Å²) < 4.78 is 11.2. The molecule has 136 valence electrons. The van der Waals surface area contributed by atoms with E-state index in [1.807, 2.05) is 11.3 Å². The van der Waals surface area contributed by atoms with Crippen LogP contribution in [0.25, 0.3) is 0 Å². The first kappa shape index (κ1) is 15.7. The van der Waals surface area contributed by atoms with Crippen molar-refractivity contribution in [2.24, 2.45) is 0 Å². The molecule has 6 rings (SSSR count). The van der Waals surface area contributed by atoms with Crippen LogP contribution in [-0.2, 0) is 25.8 Å². The molecule has 0 spiro atoms. The predicted octanol–water partition coefficient (Wildman–Crippen LogP) is 4.72. The number of benzene rings is 2. The molecule has 2 aromatic carbocycles. The molecule has 27 heavy (non-hydrogen) atoms. The van der Waals surface area contributed by atoms with Crippen LogP contribution in [0.5, 0.6) is 11.5 Å². The molecule has 3 aliphatic rings. The molecule has 0 saturated heterocycles. The Morgan fingerprint density at radius 1 is 1.00 bits per heavy atom. The van der Waals surface area contributed by atoms with Crippen LogP contribution in [0.1, 0.15) is 38.0 Å². The maximum Gasteiger partial charge on any atom is 0.231 e. The van der Waals surface area contributed by atoms with Gasteiger partial charge in [-0.15, -0.1) is 11.3 Å². The van der Waals surface area contributed by atoms with Crippen LogP contribution in [0.2, 0.25) is 0 Å². The van der Waals surface area contributed by atoms with Crippen LogP contribution in [0.3, 0.4) is 0 Å². The molecule has 0 radical (unpaired) electrons. The first-order chi connectivity index (χ1) is 13.3. The van der Waals surface area contributed by atoms with E-state index in [0.29, 0.717) is 12.8 Å². The van der Waals surface area contributed by atoms with E-state index in [2.05, 4.69) is 53.4 Å². The zero-order valence-corrected chi connectivity index (χ0v) is 15.9. The highest BCUT2D eigenvalue weighted by Gasteiger charge is 2.34. The summed E-state index contributed by atoms with van der Waals surface area (Å²) in [5, 5.41) is 0. The fraction of sp³-hybridized carbons (Fsp3) is 0.304. The van der Waals surface area contributed by atoms with Crippen molar-refractivity contribution in [1.82, 2.24) is 4.90 Å². The smallest absolute Gasteiger partial charge is 0.231 e. The number of hydrogen-bond acceptors (Lipinski definition) is 4. The number of thiophene rings is 1. The zero-order valence-electron chi connectivity index (χ0n) is 15.1. The van der Waals surface area contributed by atoms with Gasteiger partial charge in [-0.2, -0.15) is 0 Å². The molecule has 3 aromatic rings. The Morgan fingerprint density at radius 2 is 1.85 bits per heavy atom. The van der Waals surface area contributed by atoms with Crippen LogP contribution >= 0.6 is 11.3 Å². The molecular formula is C23H21NO2S. The first-order valence-corrected chi connectivity index (χ1v) is 10.5. The average molecular weight is 375 g/mol. The number of fused-ring (bicyclic) bond motifs is 5. The van der Waals surface area contributed by atoms with Crippen LogP contribution < -0.4 is 9.47 Å². The van der Waals surface area contributed by atoms with Gasteiger partial charge in [0, 0.05) is 41.7 Å². The predicted molar refractivity (Wildman–Crippen MR) is 107 cm³/mol. The van der Waals surface area contributed by atoms with E-state index < -0.39 is 0 Å². The van der Waals surface area contributed by atoms with Crippen LogP contribution in [0.15, 0.2) is 48.5 Å². The molecule has 1 aromatic heterocycles. The van der Waals surface area contributed by atoms with Crippen molar-refractivity contribution in [2.45, 2.75) is 31.8 Å². The topological polar surface area (TPSA) is 21.7 Å². The van der Waals surface area contributed by atoms with Crippen molar-refractivity contribution in [3.63, 3.8) is 0 Å². The minimum atomic E-state index is 0.352. The number of hydrogen-bond donors (Lipinski definition) is 0. The lowest BCUT2D eigenvalue weighted by molar-refractivity contribution is 0.162. The van der Waals surface area contributed by atoms with E-state index in [1.165, 1.54) is 27.1 Å². The third-order valence-electron chi connectivity index (χ3n) is 6.02. The summed E-state index contributed by atoms with van der Waals surface area (Å²) in [4.78, 5) is 5.69. The highest BCUT2D eigenvalue weighted by Crippen LogP contribution is 2.45. The maximum absolute atomic E-state index is 5.65. The molecule has 0 saturated carbocycles. The van der Waals surface area contributed by atoms with E-state index in [4.69, 9.17) is 9.47 Å². The largest absolute Gasteiger partial charge is 0.454 e.